The second kappa shape index (κ2) is 9.15. The number of nitrogens with zero attached hydrogens (tertiary/aromatic N) is 2. The summed E-state index contributed by atoms with van der Waals surface area (Å²) in [7, 11) is 2.10. The lowest BCUT2D eigenvalue weighted by Crippen LogP contribution is -2.49. The molecule has 2 aliphatic rings. The van der Waals surface area contributed by atoms with Crippen molar-refractivity contribution in [2.75, 3.05) is 51.9 Å². The number of nitrogens with one attached hydrogen (secondary N) is 2. The number of amides is 2. The lowest BCUT2D eigenvalue weighted by atomic mass is 10.0. The van der Waals surface area contributed by atoms with Gasteiger partial charge in [-0.3, -0.25) is 14.5 Å². The van der Waals surface area contributed by atoms with Gasteiger partial charge in [-0.2, -0.15) is 0 Å². The molecule has 2 heterocycles. The number of carbonyl (C=O) groups excluding carboxylic acids is 2. The molecule has 0 saturated carbocycles. The molecule has 1 fully saturated rings. The minimum absolute atomic E-state index is 0.0679. The highest BCUT2D eigenvalue weighted by Gasteiger charge is 2.27. The van der Waals surface area contributed by atoms with Gasteiger partial charge in [-0.1, -0.05) is 24.3 Å². The minimum atomic E-state index is -0.677. The summed E-state index contributed by atoms with van der Waals surface area (Å²) >= 11 is 0. The Morgan fingerprint density at radius 2 is 1.70 bits per heavy atom. The van der Waals surface area contributed by atoms with Gasteiger partial charge in [0.05, 0.1) is 6.04 Å². The van der Waals surface area contributed by atoms with Crippen LogP contribution in [0.25, 0.3) is 0 Å². The molecule has 2 aromatic carbocycles. The third-order valence-electron chi connectivity index (χ3n) is 5.45. The van der Waals surface area contributed by atoms with E-state index in [1.165, 1.54) is 0 Å². The minimum Gasteiger partial charge on any atom is -0.454 e. The zero-order chi connectivity index (χ0) is 20.9. The standard InChI is InChI=1S/C22H26N4O4/c1-25-9-11-26(12-10-25)18(16-7-8-19-20(13-16)30-15-29-19)14-23-21(27)22(28)24-17-5-3-2-4-6-17/h2-8,13,18H,9-12,14-15H2,1H3,(H,23,27)(H,24,28)/t18-/m1/s1. The zero-order valence-corrected chi connectivity index (χ0v) is 17.0. The van der Waals surface area contributed by atoms with E-state index in [2.05, 4.69) is 27.5 Å². The van der Waals surface area contributed by atoms with Crippen LogP contribution >= 0.6 is 0 Å². The summed E-state index contributed by atoms with van der Waals surface area (Å²) < 4.78 is 10.9. The molecule has 0 spiro atoms. The molecule has 2 aliphatic heterocycles. The molecule has 30 heavy (non-hydrogen) atoms. The van der Waals surface area contributed by atoms with E-state index in [0.717, 1.165) is 37.5 Å². The summed E-state index contributed by atoms with van der Waals surface area (Å²) in [5, 5.41) is 5.42. The predicted octanol–water partition coefficient (Wildman–Crippen LogP) is 1.46. The molecular formula is C22H26N4O4. The van der Waals surface area contributed by atoms with E-state index in [0.29, 0.717) is 18.0 Å². The summed E-state index contributed by atoms with van der Waals surface area (Å²) in [4.78, 5) is 29.3. The van der Waals surface area contributed by atoms with Crippen LogP contribution in [0.3, 0.4) is 0 Å². The Morgan fingerprint density at radius 3 is 2.47 bits per heavy atom. The van der Waals surface area contributed by atoms with Crippen molar-refractivity contribution in [3.8, 4) is 11.5 Å². The number of benzene rings is 2. The second-order valence-electron chi connectivity index (χ2n) is 7.50. The average molecular weight is 410 g/mol. The number of ether oxygens (including phenoxy) is 2. The van der Waals surface area contributed by atoms with Crippen molar-refractivity contribution in [2.24, 2.45) is 0 Å². The van der Waals surface area contributed by atoms with Gasteiger partial charge in [0, 0.05) is 38.4 Å². The fourth-order valence-corrected chi connectivity index (χ4v) is 3.69. The van der Waals surface area contributed by atoms with Crippen molar-refractivity contribution in [3.05, 3.63) is 54.1 Å². The van der Waals surface area contributed by atoms with E-state index >= 15 is 0 Å². The Bertz CT molecular complexity index is 897. The molecule has 0 unspecified atom stereocenters. The van der Waals surface area contributed by atoms with Gasteiger partial charge in [0.1, 0.15) is 0 Å². The molecule has 4 rings (SSSR count). The van der Waals surface area contributed by atoms with E-state index in [-0.39, 0.29) is 12.8 Å². The maximum atomic E-state index is 12.4. The van der Waals surface area contributed by atoms with Gasteiger partial charge in [-0.15, -0.1) is 0 Å². The highest BCUT2D eigenvalue weighted by Crippen LogP contribution is 2.35. The van der Waals surface area contributed by atoms with Crippen LogP contribution in [-0.4, -0.2) is 68.2 Å². The van der Waals surface area contributed by atoms with Crippen LogP contribution in [0.15, 0.2) is 48.5 Å². The number of hydrogen-bond donors (Lipinski definition) is 2. The number of anilines is 1. The number of rotatable bonds is 5. The average Bonchev–Trinajstić information content (AvgIpc) is 3.23. The van der Waals surface area contributed by atoms with Crippen molar-refractivity contribution >= 4 is 17.5 Å². The maximum Gasteiger partial charge on any atom is 0.313 e. The first-order valence-corrected chi connectivity index (χ1v) is 10.1. The van der Waals surface area contributed by atoms with Gasteiger partial charge in [0.15, 0.2) is 11.5 Å². The van der Waals surface area contributed by atoms with E-state index < -0.39 is 11.8 Å². The van der Waals surface area contributed by atoms with Crippen LogP contribution in [0, 0.1) is 0 Å². The van der Waals surface area contributed by atoms with Gasteiger partial charge >= 0.3 is 11.8 Å². The Hall–Kier alpha value is -3.10. The van der Waals surface area contributed by atoms with E-state index in [9.17, 15) is 9.59 Å². The van der Waals surface area contributed by atoms with Crippen molar-refractivity contribution in [1.29, 1.82) is 0 Å². The monoisotopic (exact) mass is 410 g/mol. The molecular weight excluding hydrogens is 384 g/mol. The molecule has 1 saturated heterocycles. The molecule has 0 aromatic heterocycles. The number of hydrogen-bond acceptors (Lipinski definition) is 6. The topological polar surface area (TPSA) is 83.1 Å². The van der Waals surface area contributed by atoms with Crippen molar-refractivity contribution in [1.82, 2.24) is 15.1 Å². The Balaban J connectivity index is 1.44. The molecule has 8 heteroatoms. The number of para-hydroxylation sites is 1. The lowest BCUT2D eigenvalue weighted by Gasteiger charge is -2.38. The first-order valence-electron chi connectivity index (χ1n) is 10.1. The summed E-state index contributed by atoms with van der Waals surface area (Å²) in [6.07, 6.45) is 0. The molecule has 8 nitrogen and oxygen atoms in total. The largest absolute Gasteiger partial charge is 0.454 e. The number of fused-ring (bicyclic) bond motifs is 1. The summed E-state index contributed by atoms with van der Waals surface area (Å²) in [5.74, 6) is 0.102. The fourth-order valence-electron chi connectivity index (χ4n) is 3.69. The van der Waals surface area contributed by atoms with Gasteiger partial charge < -0.3 is 25.0 Å². The van der Waals surface area contributed by atoms with Gasteiger partial charge in [-0.05, 0) is 36.9 Å². The van der Waals surface area contributed by atoms with Crippen LogP contribution in [0.1, 0.15) is 11.6 Å². The first kappa shape index (κ1) is 20.2. The van der Waals surface area contributed by atoms with Gasteiger partial charge in [0.2, 0.25) is 6.79 Å². The van der Waals surface area contributed by atoms with Crippen LogP contribution in [0.5, 0.6) is 11.5 Å². The fraction of sp³-hybridized carbons (Fsp3) is 0.364. The number of likely N-dealkylation sites (N-methyl/N-ethyl adjacent to an activating group) is 1. The lowest BCUT2D eigenvalue weighted by molar-refractivity contribution is -0.136. The maximum absolute atomic E-state index is 12.4. The third-order valence-corrected chi connectivity index (χ3v) is 5.45. The summed E-state index contributed by atoms with van der Waals surface area (Å²) in [5.41, 5.74) is 1.61. The Morgan fingerprint density at radius 1 is 0.967 bits per heavy atom. The number of piperazine rings is 1. The molecule has 2 aromatic rings. The molecule has 158 valence electrons. The van der Waals surface area contributed by atoms with E-state index in [4.69, 9.17) is 9.47 Å². The van der Waals surface area contributed by atoms with Crippen LogP contribution in [0.4, 0.5) is 5.69 Å². The Labute approximate surface area is 175 Å². The highest BCUT2D eigenvalue weighted by atomic mass is 16.7. The predicted molar refractivity (Wildman–Crippen MR) is 112 cm³/mol. The molecule has 1 atom stereocenters. The molecule has 2 amide bonds. The van der Waals surface area contributed by atoms with E-state index in [1.807, 2.05) is 24.3 Å². The molecule has 0 aliphatic carbocycles. The van der Waals surface area contributed by atoms with Gasteiger partial charge in [-0.25, -0.2) is 0 Å². The normalized spacial score (nSPS) is 17.4. The van der Waals surface area contributed by atoms with E-state index in [1.54, 1.807) is 24.3 Å². The third kappa shape index (κ3) is 4.72. The SMILES string of the molecule is CN1CCN([C@H](CNC(=O)C(=O)Nc2ccccc2)c2ccc3c(c2)OCO3)CC1. The molecule has 0 radical (unpaired) electrons. The van der Waals surface area contributed by atoms with Crippen molar-refractivity contribution in [3.63, 3.8) is 0 Å². The van der Waals surface area contributed by atoms with Crippen LogP contribution in [0.2, 0.25) is 0 Å². The van der Waals surface area contributed by atoms with Crippen molar-refractivity contribution < 1.29 is 19.1 Å². The van der Waals surface area contributed by atoms with Crippen LogP contribution in [-0.2, 0) is 9.59 Å². The number of carbonyl (C=O) groups is 2. The smallest absolute Gasteiger partial charge is 0.313 e. The molecule has 0 bridgehead atoms. The summed E-state index contributed by atoms with van der Waals surface area (Å²) in [6.45, 7) is 4.19. The second-order valence-corrected chi connectivity index (χ2v) is 7.50. The highest BCUT2D eigenvalue weighted by molar-refractivity contribution is 6.39. The first-order chi connectivity index (χ1) is 14.6. The quantitative estimate of drug-likeness (QED) is 0.727. The Kier molecular flexibility index (Phi) is 6.15. The summed E-state index contributed by atoms with van der Waals surface area (Å²) in [6, 6.07) is 14.7. The van der Waals surface area contributed by atoms with Gasteiger partial charge in [0.25, 0.3) is 0 Å². The van der Waals surface area contributed by atoms with Crippen molar-refractivity contribution in [2.45, 2.75) is 6.04 Å². The zero-order valence-electron chi connectivity index (χ0n) is 17.0. The van der Waals surface area contributed by atoms with Crippen LogP contribution < -0.4 is 20.1 Å². The molecule has 2 N–H and O–H groups in total.